The van der Waals surface area contributed by atoms with Crippen molar-refractivity contribution in [1.29, 1.82) is 10.7 Å². The van der Waals surface area contributed by atoms with Crippen molar-refractivity contribution >= 4 is 40.2 Å². The predicted octanol–water partition coefficient (Wildman–Crippen LogP) is 2.01. The van der Waals surface area contributed by atoms with E-state index >= 15 is 0 Å². The minimum absolute atomic E-state index is 0.329. The molecule has 1 amide bonds. The van der Waals surface area contributed by atoms with Gasteiger partial charge in [0.15, 0.2) is 0 Å². The Kier molecular flexibility index (Phi) is 5.81. The number of primary amides is 1. The molecule has 1 unspecified atom stereocenters. The van der Waals surface area contributed by atoms with Crippen molar-refractivity contribution in [2.45, 2.75) is 26.3 Å². The first-order valence-corrected chi connectivity index (χ1v) is 6.68. The number of hydrogen-bond donors (Lipinski definition) is 4. The van der Waals surface area contributed by atoms with Crippen LogP contribution in [0.25, 0.3) is 0 Å². The lowest BCUT2D eigenvalue weighted by Crippen LogP contribution is -2.32. The Labute approximate surface area is 128 Å². The number of nitrogens with one attached hydrogen (secondary N) is 3. The topological polar surface area (TPSA) is 115 Å². The summed E-state index contributed by atoms with van der Waals surface area (Å²) >= 11 is 5.14. The SMILES string of the molecule is CC(=N)CC(=S)Nc1cc(NC(C)C(N)=O)ccc1C#N. The molecule has 110 valence electrons. The van der Waals surface area contributed by atoms with Gasteiger partial charge in [-0.2, -0.15) is 5.26 Å². The van der Waals surface area contributed by atoms with E-state index in [1.165, 1.54) is 0 Å². The molecule has 0 bridgehead atoms. The molecule has 0 saturated carbocycles. The van der Waals surface area contributed by atoms with Crippen molar-refractivity contribution in [2.24, 2.45) is 5.73 Å². The molecule has 0 aliphatic heterocycles. The maximum Gasteiger partial charge on any atom is 0.239 e. The standard InChI is InChI=1S/C14H17N5OS/c1-8(16)5-13(21)19-12-6-11(4-3-10(12)7-15)18-9(2)14(17)20/h3-4,6,9,16,18H,5H2,1-2H3,(H2,17,20)(H,19,21). The molecule has 7 heteroatoms. The molecule has 0 radical (unpaired) electrons. The van der Waals surface area contributed by atoms with Crippen molar-refractivity contribution in [3.63, 3.8) is 0 Å². The first kappa shape index (κ1) is 16.6. The summed E-state index contributed by atoms with van der Waals surface area (Å²) in [5, 5.41) is 22.4. The molecule has 1 aromatic rings. The molecule has 0 saturated heterocycles. The first-order chi connectivity index (χ1) is 9.83. The van der Waals surface area contributed by atoms with Crippen molar-refractivity contribution in [3.8, 4) is 6.07 Å². The third-order valence-corrected chi connectivity index (χ3v) is 2.90. The van der Waals surface area contributed by atoms with Crippen LogP contribution < -0.4 is 16.4 Å². The smallest absolute Gasteiger partial charge is 0.239 e. The van der Waals surface area contributed by atoms with E-state index < -0.39 is 11.9 Å². The van der Waals surface area contributed by atoms with E-state index in [4.69, 9.17) is 28.6 Å². The summed E-state index contributed by atoms with van der Waals surface area (Å²) in [6.45, 7) is 3.31. The highest BCUT2D eigenvalue weighted by Gasteiger charge is 2.10. The summed E-state index contributed by atoms with van der Waals surface area (Å²) in [4.78, 5) is 11.5. The molecule has 1 rings (SSSR count). The van der Waals surface area contributed by atoms with Crippen LogP contribution in [0.3, 0.4) is 0 Å². The number of amides is 1. The van der Waals surface area contributed by atoms with Crippen molar-refractivity contribution in [2.75, 3.05) is 10.6 Å². The van der Waals surface area contributed by atoms with E-state index in [1.54, 1.807) is 32.0 Å². The molecular formula is C14H17N5OS. The van der Waals surface area contributed by atoms with E-state index in [0.717, 1.165) is 0 Å². The van der Waals surface area contributed by atoms with Crippen molar-refractivity contribution in [3.05, 3.63) is 23.8 Å². The Hall–Kier alpha value is -2.46. The van der Waals surface area contributed by atoms with Gasteiger partial charge in [-0.05, 0) is 32.0 Å². The third-order valence-electron chi connectivity index (χ3n) is 2.65. The van der Waals surface area contributed by atoms with E-state index in [-0.39, 0.29) is 0 Å². The van der Waals surface area contributed by atoms with Crippen LogP contribution in [0.4, 0.5) is 11.4 Å². The second-order valence-corrected chi connectivity index (χ2v) is 5.14. The second kappa shape index (κ2) is 7.36. The number of benzene rings is 1. The number of nitrogens with zero attached hydrogens (tertiary/aromatic N) is 1. The molecule has 0 fully saturated rings. The largest absolute Gasteiger partial charge is 0.374 e. The lowest BCUT2D eigenvalue weighted by molar-refractivity contribution is -0.118. The summed E-state index contributed by atoms with van der Waals surface area (Å²) in [5.41, 5.74) is 7.24. The van der Waals surface area contributed by atoms with E-state index in [9.17, 15) is 4.79 Å². The number of nitrogens with two attached hydrogens (primary N) is 1. The lowest BCUT2D eigenvalue weighted by atomic mass is 10.1. The number of nitriles is 1. The van der Waals surface area contributed by atoms with Crippen LogP contribution in [-0.2, 0) is 4.79 Å². The van der Waals surface area contributed by atoms with Gasteiger partial charge in [0, 0.05) is 17.8 Å². The third kappa shape index (κ3) is 5.20. The van der Waals surface area contributed by atoms with E-state index in [1.807, 2.05) is 0 Å². The van der Waals surface area contributed by atoms with Gasteiger partial charge < -0.3 is 21.8 Å². The first-order valence-electron chi connectivity index (χ1n) is 6.27. The van der Waals surface area contributed by atoms with Gasteiger partial charge in [0.2, 0.25) is 5.91 Å². The Morgan fingerprint density at radius 3 is 2.76 bits per heavy atom. The molecule has 5 N–H and O–H groups in total. The van der Waals surface area contributed by atoms with E-state index in [0.29, 0.717) is 34.1 Å². The minimum Gasteiger partial charge on any atom is -0.374 e. The molecule has 0 aliphatic rings. The predicted molar refractivity (Wildman–Crippen MR) is 87.7 cm³/mol. The number of thiocarbonyl (C=S) groups is 1. The van der Waals surface area contributed by atoms with Gasteiger partial charge in [0.25, 0.3) is 0 Å². The highest BCUT2D eigenvalue weighted by atomic mass is 32.1. The summed E-state index contributed by atoms with van der Waals surface area (Å²) < 4.78 is 0. The Morgan fingerprint density at radius 2 is 2.24 bits per heavy atom. The maximum atomic E-state index is 11.1. The monoisotopic (exact) mass is 303 g/mol. The van der Waals surface area contributed by atoms with Crippen molar-refractivity contribution < 1.29 is 4.79 Å². The van der Waals surface area contributed by atoms with Gasteiger partial charge in [0.05, 0.1) is 16.2 Å². The number of anilines is 2. The fourth-order valence-electron chi connectivity index (χ4n) is 1.59. The highest BCUT2D eigenvalue weighted by Crippen LogP contribution is 2.21. The zero-order valence-electron chi connectivity index (χ0n) is 11.9. The summed E-state index contributed by atoms with van der Waals surface area (Å²) in [6.07, 6.45) is 0.329. The van der Waals surface area contributed by atoms with Crippen LogP contribution in [0.5, 0.6) is 0 Å². The van der Waals surface area contributed by atoms with Crippen LogP contribution in [0.15, 0.2) is 18.2 Å². The average Bonchev–Trinajstić information content (AvgIpc) is 2.37. The molecule has 21 heavy (non-hydrogen) atoms. The molecular weight excluding hydrogens is 286 g/mol. The summed E-state index contributed by atoms with van der Waals surface area (Å²) in [7, 11) is 0. The Balaban J connectivity index is 2.96. The second-order valence-electron chi connectivity index (χ2n) is 4.65. The number of carbonyl (C=O) groups is 1. The van der Waals surface area contributed by atoms with Crippen LogP contribution in [0, 0.1) is 16.7 Å². The van der Waals surface area contributed by atoms with Gasteiger partial charge in [-0.25, -0.2) is 0 Å². The minimum atomic E-state index is -0.526. The molecule has 1 atom stereocenters. The molecule has 6 nitrogen and oxygen atoms in total. The molecule has 1 aromatic carbocycles. The summed E-state index contributed by atoms with van der Waals surface area (Å²) in [5.74, 6) is -0.469. The summed E-state index contributed by atoms with van der Waals surface area (Å²) in [6, 6.07) is 6.53. The number of hydrogen-bond acceptors (Lipinski definition) is 5. The number of rotatable bonds is 6. The van der Waals surface area contributed by atoms with Crippen LogP contribution >= 0.6 is 12.2 Å². The highest BCUT2D eigenvalue weighted by molar-refractivity contribution is 7.80. The van der Waals surface area contributed by atoms with Gasteiger partial charge in [-0.3, -0.25) is 4.79 Å². The zero-order chi connectivity index (χ0) is 16.0. The van der Waals surface area contributed by atoms with Gasteiger partial charge in [-0.15, -0.1) is 0 Å². The number of carbonyl (C=O) groups excluding carboxylic acids is 1. The van der Waals surface area contributed by atoms with Gasteiger partial charge in [0.1, 0.15) is 12.1 Å². The van der Waals surface area contributed by atoms with Crippen molar-refractivity contribution in [1.82, 2.24) is 0 Å². The van der Waals surface area contributed by atoms with E-state index in [2.05, 4.69) is 16.7 Å². The molecule has 0 spiro atoms. The quantitative estimate of drug-likeness (QED) is 0.474. The fraction of sp³-hybridized carbons (Fsp3) is 0.286. The maximum absolute atomic E-state index is 11.1. The Bertz CT molecular complexity index is 620. The zero-order valence-corrected chi connectivity index (χ0v) is 12.7. The molecule has 0 heterocycles. The van der Waals surface area contributed by atoms with Gasteiger partial charge >= 0.3 is 0 Å². The average molecular weight is 303 g/mol. The molecule has 0 aromatic heterocycles. The molecule has 0 aliphatic carbocycles. The van der Waals surface area contributed by atoms with Gasteiger partial charge in [-0.1, -0.05) is 12.2 Å². The van der Waals surface area contributed by atoms with Crippen LogP contribution in [0.1, 0.15) is 25.8 Å². The lowest BCUT2D eigenvalue weighted by Gasteiger charge is -2.15. The Morgan fingerprint density at radius 1 is 1.57 bits per heavy atom. The van der Waals surface area contributed by atoms with Crippen LogP contribution in [-0.4, -0.2) is 22.6 Å². The normalized spacial score (nSPS) is 11.1. The van der Waals surface area contributed by atoms with Crippen LogP contribution in [0.2, 0.25) is 0 Å². The fourth-order valence-corrected chi connectivity index (χ4v) is 1.92.